The van der Waals surface area contributed by atoms with Gasteiger partial charge in [0.05, 0.1) is 24.5 Å². The number of carbonyl (C=O) groups excluding carboxylic acids is 1. The van der Waals surface area contributed by atoms with E-state index in [0.717, 1.165) is 47.7 Å². The Balaban J connectivity index is 1.51. The first kappa shape index (κ1) is 27.4. The second-order valence-electron chi connectivity index (χ2n) is 11.0. The summed E-state index contributed by atoms with van der Waals surface area (Å²) >= 11 is 1.90. The number of nitrogens with zero attached hydrogens (tertiary/aromatic N) is 5. The topological polar surface area (TPSA) is 77.2 Å². The predicted molar refractivity (Wildman–Crippen MR) is 145 cm³/mol. The van der Waals surface area contributed by atoms with Gasteiger partial charge < -0.3 is 15.0 Å². The zero-order valence-electron chi connectivity index (χ0n) is 22.5. The summed E-state index contributed by atoms with van der Waals surface area (Å²) in [6.45, 7) is 6.13. The number of hydrogen-bond donors (Lipinski definition) is 1. The van der Waals surface area contributed by atoms with Gasteiger partial charge in [-0.2, -0.15) is 22.0 Å². The van der Waals surface area contributed by atoms with Crippen molar-refractivity contribution in [3.8, 4) is 11.1 Å². The Morgan fingerprint density at radius 1 is 1.23 bits per heavy atom. The van der Waals surface area contributed by atoms with Gasteiger partial charge >= 0.3 is 6.09 Å². The molecule has 3 aromatic rings. The number of nitrogens with one attached hydrogen (secondary N) is 1. The van der Waals surface area contributed by atoms with Crippen molar-refractivity contribution < 1.29 is 22.7 Å². The SMILES string of the molecule is Cn1cc(-c2cc(F)c(Nc3nn(C4CCSCC4)c4c3CN(C(=O)OC(C)(C)C)CC4)cc2C(F)F)cn1. The highest BCUT2D eigenvalue weighted by molar-refractivity contribution is 7.99. The Hall–Kier alpha value is -3.15. The average molecular weight is 563 g/mol. The van der Waals surface area contributed by atoms with Crippen LogP contribution in [0.2, 0.25) is 0 Å². The highest BCUT2D eigenvalue weighted by atomic mass is 32.2. The van der Waals surface area contributed by atoms with Crippen molar-refractivity contribution in [2.45, 2.75) is 64.6 Å². The lowest BCUT2D eigenvalue weighted by atomic mass is 10.0. The van der Waals surface area contributed by atoms with Gasteiger partial charge in [0.1, 0.15) is 11.4 Å². The maximum atomic E-state index is 15.4. The van der Waals surface area contributed by atoms with E-state index in [4.69, 9.17) is 9.84 Å². The quantitative estimate of drug-likeness (QED) is 0.384. The van der Waals surface area contributed by atoms with E-state index in [1.54, 1.807) is 18.1 Å². The molecule has 2 aromatic heterocycles. The van der Waals surface area contributed by atoms with Gasteiger partial charge in [0.2, 0.25) is 0 Å². The van der Waals surface area contributed by atoms with Crippen LogP contribution >= 0.6 is 11.8 Å². The van der Waals surface area contributed by atoms with E-state index < -0.39 is 23.9 Å². The number of halogens is 3. The Labute approximate surface area is 229 Å². The molecule has 12 heteroatoms. The third kappa shape index (κ3) is 5.90. The maximum absolute atomic E-state index is 15.4. The number of benzene rings is 1. The molecular weight excluding hydrogens is 529 g/mol. The summed E-state index contributed by atoms with van der Waals surface area (Å²) in [7, 11) is 1.67. The number of hydrogen-bond acceptors (Lipinski definition) is 6. The van der Waals surface area contributed by atoms with Crippen LogP contribution in [0.1, 0.15) is 62.9 Å². The third-order valence-electron chi connectivity index (χ3n) is 6.92. The molecule has 1 aromatic carbocycles. The molecule has 210 valence electrons. The fourth-order valence-electron chi connectivity index (χ4n) is 5.06. The highest BCUT2D eigenvalue weighted by Gasteiger charge is 2.33. The molecule has 1 amide bonds. The van der Waals surface area contributed by atoms with Crippen molar-refractivity contribution in [2.75, 3.05) is 23.4 Å². The first-order valence-electron chi connectivity index (χ1n) is 13.0. The minimum atomic E-state index is -2.82. The molecule has 0 spiro atoms. The molecule has 1 N–H and O–H groups in total. The van der Waals surface area contributed by atoms with Gasteiger partial charge in [-0.3, -0.25) is 9.36 Å². The van der Waals surface area contributed by atoms with Crippen LogP contribution in [0.25, 0.3) is 11.1 Å². The van der Waals surface area contributed by atoms with Crippen molar-refractivity contribution >= 4 is 29.4 Å². The standard InChI is InChI=1S/C27H33F3N6O2S/c1-27(2,3)38-26(37)35-8-5-23-20(15-35)25(33-36(23)17-6-9-39-10-7-17)32-22-12-19(24(29)30)18(11-21(22)28)16-13-31-34(4)14-16/h11-14,17,24H,5-10,15H2,1-4H3,(H,32,33). The molecule has 1 fully saturated rings. The number of alkyl halides is 2. The molecule has 1 saturated heterocycles. The number of fused-ring (bicyclic) bond motifs is 1. The molecule has 0 bridgehead atoms. The largest absolute Gasteiger partial charge is 0.444 e. The van der Waals surface area contributed by atoms with Gasteiger partial charge in [0.15, 0.2) is 5.82 Å². The third-order valence-corrected chi connectivity index (χ3v) is 7.97. The molecule has 0 saturated carbocycles. The maximum Gasteiger partial charge on any atom is 0.410 e. The second kappa shape index (κ2) is 10.8. The normalized spacial score (nSPS) is 16.5. The van der Waals surface area contributed by atoms with Crippen LogP contribution in [0.4, 0.5) is 29.5 Å². The lowest BCUT2D eigenvalue weighted by molar-refractivity contribution is 0.0222. The lowest BCUT2D eigenvalue weighted by Crippen LogP contribution is -2.40. The zero-order chi connectivity index (χ0) is 27.9. The Morgan fingerprint density at radius 2 is 1.97 bits per heavy atom. The number of aryl methyl sites for hydroxylation is 1. The van der Waals surface area contributed by atoms with Gasteiger partial charge in [-0.25, -0.2) is 18.0 Å². The smallest absolute Gasteiger partial charge is 0.410 e. The number of thioether (sulfide) groups is 1. The first-order chi connectivity index (χ1) is 18.5. The molecule has 2 aliphatic rings. The Bertz CT molecular complexity index is 1360. The number of carbonyl (C=O) groups is 1. The molecule has 5 rings (SSSR count). The van der Waals surface area contributed by atoms with E-state index in [-0.39, 0.29) is 29.4 Å². The monoisotopic (exact) mass is 562 g/mol. The van der Waals surface area contributed by atoms with Gasteiger partial charge in [-0.15, -0.1) is 0 Å². The molecule has 0 aliphatic carbocycles. The average Bonchev–Trinajstić information content (AvgIpc) is 3.47. The highest BCUT2D eigenvalue weighted by Crippen LogP contribution is 2.38. The second-order valence-corrected chi connectivity index (χ2v) is 12.2. The minimum absolute atomic E-state index is 0.0875. The van der Waals surface area contributed by atoms with E-state index in [1.807, 2.05) is 37.2 Å². The predicted octanol–water partition coefficient (Wildman–Crippen LogP) is 6.47. The molecular formula is C27H33F3N6O2S. The minimum Gasteiger partial charge on any atom is -0.444 e. The van der Waals surface area contributed by atoms with Crippen LogP contribution in [0.15, 0.2) is 24.5 Å². The van der Waals surface area contributed by atoms with E-state index in [9.17, 15) is 13.6 Å². The Morgan fingerprint density at radius 3 is 2.62 bits per heavy atom. The van der Waals surface area contributed by atoms with Gasteiger partial charge in [0.25, 0.3) is 6.43 Å². The van der Waals surface area contributed by atoms with Crippen LogP contribution < -0.4 is 5.32 Å². The number of aromatic nitrogens is 4. The number of amides is 1. The van der Waals surface area contributed by atoms with Crippen LogP contribution in [-0.4, -0.2) is 54.2 Å². The molecule has 4 heterocycles. The summed E-state index contributed by atoms with van der Waals surface area (Å²) in [5.74, 6) is 1.72. The number of ether oxygens (including phenoxy) is 1. The zero-order valence-corrected chi connectivity index (χ0v) is 23.3. The van der Waals surface area contributed by atoms with Crippen molar-refractivity contribution in [1.29, 1.82) is 0 Å². The van der Waals surface area contributed by atoms with Crippen LogP contribution in [0.3, 0.4) is 0 Å². The van der Waals surface area contributed by atoms with Crippen LogP contribution in [0.5, 0.6) is 0 Å². The van der Waals surface area contributed by atoms with Gasteiger partial charge in [-0.1, -0.05) is 0 Å². The summed E-state index contributed by atoms with van der Waals surface area (Å²) in [4.78, 5) is 14.5. The van der Waals surface area contributed by atoms with E-state index >= 15 is 4.39 Å². The number of anilines is 2. The van der Waals surface area contributed by atoms with Gasteiger partial charge in [-0.05, 0) is 62.8 Å². The summed E-state index contributed by atoms with van der Waals surface area (Å²) in [6, 6.07) is 2.44. The van der Waals surface area contributed by atoms with E-state index in [0.29, 0.717) is 24.3 Å². The van der Waals surface area contributed by atoms with Crippen LogP contribution in [0, 0.1) is 5.82 Å². The lowest BCUT2D eigenvalue weighted by Gasteiger charge is -2.31. The van der Waals surface area contributed by atoms with Gasteiger partial charge in [0, 0.05) is 48.6 Å². The molecule has 2 aliphatic heterocycles. The van der Waals surface area contributed by atoms with Crippen molar-refractivity contribution in [3.05, 3.63) is 47.2 Å². The fourth-order valence-corrected chi connectivity index (χ4v) is 6.15. The number of rotatable bonds is 5. The summed E-state index contributed by atoms with van der Waals surface area (Å²) < 4.78 is 52.7. The summed E-state index contributed by atoms with van der Waals surface area (Å²) in [5.41, 5.74) is 1.18. The first-order valence-corrected chi connectivity index (χ1v) is 14.2. The summed E-state index contributed by atoms with van der Waals surface area (Å²) in [6.07, 6.45) is 2.22. The molecule has 0 unspecified atom stereocenters. The molecule has 0 radical (unpaired) electrons. The molecule has 8 nitrogen and oxygen atoms in total. The fraction of sp³-hybridized carbons (Fsp3) is 0.519. The van der Waals surface area contributed by atoms with Crippen molar-refractivity contribution in [3.63, 3.8) is 0 Å². The summed E-state index contributed by atoms with van der Waals surface area (Å²) in [5, 5.41) is 11.9. The van der Waals surface area contributed by atoms with E-state index in [1.165, 1.54) is 10.9 Å². The van der Waals surface area contributed by atoms with E-state index in [2.05, 4.69) is 10.4 Å². The van der Waals surface area contributed by atoms with Crippen LogP contribution in [-0.2, 0) is 24.8 Å². The Kier molecular flexibility index (Phi) is 7.58. The van der Waals surface area contributed by atoms with Crippen molar-refractivity contribution in [2.24, 2.45) is 7.05 Å². The molecule has 0 atom stereocenters. The molecule has 39 heavy (non-hydrogen) atoms. The van der Waals surface area contributed by atoms with Crippen molar-refractivity contribution in [1.82, 2.24) is 24.5 Å².